The summed E-state index contributed by atoms with van der Waals surface area (Å²) in [5.74, 6) is 0.466. The van der Waals surface area contributed by atoms with Crippen LogP contribution in [0.15, 0.2) is 42.9 Å². The van der Waals surface area contributed by atoms with Crippen molar-refractivity contribution in [3.05, 3.63) is 60.1 Å². The molecule has 0 spiro atoms. The molecule has 33 heavy (non-hydrogen) atoms. The Morgan fingerprint density at radius 1 is 1.18 bits per heavy atom. The molecule has 172 valence electrons. The highest BCUT2D eigenvalue weighted by Gasteiger charge is 2.33. The molecule has 3 aromatic rings. The van der Waals surface area contributed by atoms with Crippen molar-refractivity contribution in [2.24, 2.45) is 0 Å². The standard InChI is InChI=1S/C24H28FN5OP2/c1-14(2)21-26-10-15(11-27-21)23(31)29-20-19(16-6-4-5-7-18(16)32)17(25)12-28-22(20)30-9-8-24(3,33)13-30/h4-7,10-12,14H,8-9,13,32-33H2,1-3H3,(H,29,31). The van der Waals surface area contributed by atoms with Gasteiger partial charge in [-0.05, 0) is 17.3 Å². The molecule has 1 amide bonds. The zero-order chi connectivity index (χ0) is 23.8. The molecule has 6 nitrogen and oxygen atoms in total. The molecule has 3 heterocycles. The van der Waals surface area contributed by atoms with E-state index >= 15 is 4.39 Å². The molecular weight excluding hydrogens is 455 g/mol. The Morgan fingerprint density at radius 3 is 2.48 bits per heavy atom. The minimum absolute atomic E-state index is 0.0243. The molecule has 1 aromatic carbocycles. The lowest BCUT2D eigenvalue weighted by Gasteiger charge is -2.25. The molecule has 4 rings (SSSR count). The van der Waals surface area contributed by atoms with Crippen molar-refractivity contribution >= 4 is 41.2 Å². The molecule has 3 atom stereocenters. The van der Waals surface area contributed by atoms with E-state index in [4.69, 9.17) is 0 Å². The first-order chi connectivity index (χ1) is 15.7. The fraction of sp³-hybridized carbons (Fsp3) is 0.333. The molecule has 2 aromatic heterocycles. The zero-order valence-electron chi connectivity index (χ0n) is 19.0. The maximum atomic E-state index is 15.3. The number of nitrogens with one attached hydrogen (secondary N) is 1. The monoisotopic (exact) mass is 483 g/mol. The summed E-state index contributed by atoms with van der Waals surface area (Å²) in [6.07, 6.45) is 5.19. The van der Waals surface area contributed by atoms with E-state index in [2.05, 4.69) is 50.6 Å². The van der Waals surface area contributed by atoms with Crippen LogP contribution >= 0.6 is 18.5 Å². The van der Waals surface area contributed by atoms with Crippen LogP contribution in [0.25, 0.3) is 11.1 Å². The van der Waals surface area contributed by atoms with Crippen molar-refractivity contribution in [3.8, 4) is 11.1 Å². The lowest BCUT2D eigenvalue weighted by atomic mass is 10.0. The molecule has 3 unspecified atom stereocenters. The van der Waals surface area contributed by atoms with Crippen molar-refractivity contribution in [2.45, 2.75) is 38.3 Å². The fourth-order valence-electron chi connectivity index (χ4n) is 3.93. The van der Waals surface area contributed by atoms with Gasteiger partial charge in [-0.1, -0.05) is 45.0 Å². The molecule has 0 saturated carbocycles. The fourth-order valence-corrected chi connectivity index (χ4v) is 4.63. The SMILES string of the molecule is CC(C)c1ncc(C(=O)Nc2c(N3CCC(C)(P)C3)ncc(F)c2-c2ccccc2P)cn1. The van der Waals surface area contributed by atoms with Gasteiger partial charge in [0.2, 0.25) is 0 Å². The van der Waals surface area contributed by atoms with Gasteiger partial charge in [0.05, 0.1) is 17.4 Å². The number of rotatable bonds is 5. The van der Waals surface area contributed by atoms with Crippen LogP contribution in [-0.2, 0) is 0 Å². The Bertz CT molecular complexity index is 1180. The van der Waals surface area contributed by atoms with Crippen LogP contribution in [0.2, 0.25) is 0 Å². The number of aromatic nitrogens is 3. The summed E-state index contributed by atoms with van der Waals surface area (Å²) < 4.78 is 15.3. The number of amides is 1. The van der Waals surface area contributed by atoms with Crippen molar-refractivity contribution in [3.63, 3.8) is 0 Å². The summed E-state index contributed by atoms with van der Waals surface area (Å²) in [7, 11) is 5.52. The number of pyridine rings is 1. The van der Waals surface area contributed by atoms with E-state index in [1.807, 2.05) is 38.1 Å². The Balaban J connectivity index is 1.80. The van der Waals surface area contributed by atoms with Crippen molar-refractivity contribution in [1.82, 2.24) is 15.0 Å². The number of anilines is 2. The van der Waals surface area contributed by atoms with Crippen LogP contribution in [-0.4, -0.2) is 39.1 Å². The highest BCUT2D eigenvalue weighted by molar-refractivity contribution is 7.28. The summed E-state index contributed by atoms with van der Waals surface area (Å²) in [6.45, 7) is 7.62. The van der Waals surface area contributed by atoms with E-state index < -0.39 is 11.7 Å². The van der Waals surface area contributed by atoms with Crippen LogP contribution < -0.4 is 15.5 Å². The predicted molar refractivity (Wildman–Crippen MR) is 138 cm³/mol. The van der Waals surface area contributed by atoms with Crippen LogP contribution in [0.3, 0.4) is 0 Å². The van der Waals surface area contributed by atoms with Gasteiger partial charge in [0.1, 0.15) is 5.82 Å². The van der Waals surface area contributed by atoms with Crippen molar-refractivity contribution < 1.29 is 9.18 Å². The van der Waals surface area contributed by atoms with Crippen LogP contribution in [0, 0.1) is 5.82 Å². The molecule has 1 aliphatic heterocycles. The van der Waals surface area contributed by atoms with Crippen LogP contribution in [0.5, 0.6) is 0 Å². The lowest BCUT2D eigenvalue weighted by molar-refractivity contribution is 0.102. The lowest BCUT2D eigenvalue weighted by Crippen LogP contribution is -2.27. The molecule has 1 N–H and O–H groups in total. The maximum Gasteiger partial charge on any atom is 0.258 e. The highest BCUT2D eigenvalue weighted by Crippen LogP contribution is 2.41. The quantitative estimate of drug-likeness (QED) is 0.545. The normalized spacial score (nSPS) is 18.1. The largest absolute Gasteiger partial charge is 0.354 e. The van der Waals surface area contributed by atoms with Crippen molar-refractivity contribution in [2.75, 3.05) is 23.3 Å². The number of hydrogen-bond acceptors (Lipinski definition) is 5. The number of benzene rings is 1. The Hall–Kier alpha value is -2.49. The molecule has 1 aliphatic rings. The Morgan fingerprint density at radius 2 is 1.88 bits per heavy atom. The highest BCUT2D eigenvalue weighted by atomic mass is 31.0. The second kappa shape index (κ2) is 9.40. The first kappa shape index (κ1) is 23.7. The third kappa shape index (κ3) is 5.05. The average molecular weight is 483 g/mol. The van der Waals surface area contributed by atoms with Crippen molar-refractivity contribution in [1.29, 1.82) is 0 Å². The van der Waals surface area contributed by atoms with E-state index in [1.165, 1.54) is 18.6 Å². The number of nitrogens with zero attached hydrogens (tertiary/aromatic N) is 4. The van der Waals surface area contributed by atoms with Gasteiger partial charge in [0.25, 0.3) is 5.91 Å². The molecule has 0 bridgehead atoms. The third-order valence-electron chi connectivity index (χ3n) is 5.74. The van der Waals surface area contributed by atoms with Gasteiger partial charge in [-0.25, -0.2) is 19.3 Å². The minimum Gasteiger partial charge on any atom is -0.354 e. The number of hydrogen-bond donors (Lipinski definition) is 1. The molecular formula is C24H28FN5OP2. The Labute approximate surface area is 198 Å². The first-order valence-corrected chi connectivity index (χ1v) is 12.0. The minimum atomic E-state index is -0.497. The maximum absolute atomic E-state index is 15.3. The summed E-state index contributed by atoms with van der Waals surface area (Å²) >= 11 is 0. The van der Waals surface area contributed by atoms with E-state index in [0.29, 0.717) is 34.0 Å². The van der Waals surface area contributed by atoms with Crippen LogP contribution in [0.4, 0.5) is 15.9 Å². The number of carbonyl (C=O) groups excluding carboxylic acids is 1. The second-order valence-electron chi connectivity index (χ2n) is 9.03. The molecule has 1 fully saturated rings. The smallest absolute Gasteiger partial charge is 0.258 e. The van der Waals surface area contributed by atoms with Gasteiger partial charge in [0, 0.05) is 42.1 Å². The summed E-state index contributed by atoms with van der Waals surface area (Å²) in [6, 6.07) is 7.46. The average Bonchev–Trinajstić information content (AvgIpc) is 3.14. The van der Waals surface area contributed by atoms with Gasteiger partial charge in [-0.2, -0.15) is 0 Å². The second-order valence-corrected chi connectivity index (χ2v) is 11.0. The van der Waals surface area contributed by atoms with Gasteiger partial charge >= 0.3 is 0 Å². The summed E-state index contributed by atoms with van der Waals surface area (Å²) in [4.78, 5) is 28.3. The van der Waals surface area contributed by atoms with Gasteiger partial charge in [-0.15, -0.1) is 18.5 Å². The summed E-state index contributed by atoms with van der Waals surface area (Å²) in [5, 5.41) is 3.79. The topological polar surface area (TPSA) is 71.0 Å². The van der Waals surface area contributed by atoms with E-state index in [1.54, 1.807) is 0 Å². The molecule has 9 heteroatoms. The first-order valence-electron chi connectivity index (χ1n) is 10.9. The number of halogens is 1. The van der Waals surface area contributed by atoms with Gasteiger partial charge in [-0.3, -0.25) is 4.79 Å². The Kier molecular flexibility index (Phi) is 6.74. The third-order valence-corrected chi connectivity index (χ3v) is 6.71. The number of carbonyl (C=O) groups is 1. The predicted octanol–water partition coefficient (Wildman–Crippen LogP) is 4.40. The molecule has 0 radical (unpaired) electrons. The zero-order valence-corrected chi connectivity index (χ0v) is 21.3. The molecule has 0 aliphatic carbocycles. The van der Waals surface area contributed by atoms with E-state index in [0.717, 1.165) is 24.8 Å². The molecule has 1 saturated heterocycles. The summed E-state index contributed by atoms with van der Waals surface area (Å²) in [5.41, 5.74) is 1.65. The van der Waals surface area contributed by atoms with Gasteiger partial charge in [0.15, 0.2) is 11.6 Å². The van der Waals surface area contributed by atoms with Gasteiger partial charge < -0.3 is 10.2 Å². The van der Waals surface area contributed by atoms with Crippen LogP contribution in [0.1, 0.15) is 49.3 Å². The van der Waals surface area contributed by atoms with E-state index in [-0.39, 0.29) is 11.1 Å². The van der Waals surface area contributed by atoms with E-state index in [9.17, 15) is 4.79 Å².